The summed E-state index contributed by atoms with van der Waals surface area (Å²) in [4.78, 5) is 23.9. The standard InChI is InChI=1S/C17H17ClN2O3/c1-3-23-13-9-7-12(8-10-13)19-16(21)17(22)20-15-6-4-5-14(18)11(15)2/h4-10H,3H2,1-2H3,(H,19,21)(H,20,22). The van der Waals surface area contributed by atoms with Crippen molar-refractivity contribution in [2.24, 2.45) is 0 Å². The number of ether oxygens (including phenoxy) is 1. The average Bonchev–Trinajstić information content (AvgIpc) is 2.54. The number of amides is 2. The molecule has 2 aromatic rings. The Morgan fingerprint density at radius 1 is 1.04 bits per heavy atom. The van der Waals surface area contributed by atoms with Crippen LogP contribution in [0.25, 0.3) is 0 Å². The number of halogens is 1. The highest BCUT2D eigenvalue weighted by atomic mass is 35.5. The van der Waals surface area contributed by atoms with Crippen molar-refractivity contribution in [2.75, 3.05) is 17.2 Å². The number of benzene rings is 2. The largest absolute Gasteiger partial charge is 0.494 e. The number of anilines is 2. The lowest BCUT2D eigenvalue weighted by Crippen LogP contribution is -2.29. The summed E-state index contributed by atoms with van der Waals surface area (Å²) in [5.74, 6) is -0.817. The van der Waals surface area contributed by atoms with Crippen molar-refractivity contribution in [3.8, 4) is 5.75 Å². The van der Waals surface area contributed by atoms with Gasteiger partial charge in [0.05, 0.1) is 6.61 Å². The van der Waals surface area contributed by atoms with Crippen molar-refractivity contribution in [3.63, 3.8) is 0 Å². The summed E-state index contributed by atoms with van der Waals surface area (Å²) >= 11 is 5.98. The molecule has 2 aromatic carbocycles. The molecule has 0 heterocycles. The third-order valence-corrected chi connectivity index (χ3v) is 3.55. The average molecular weight is 333 g/mol. The fraction of sp³-hybridized carbons (Fsp3) is 0.176. The molecule has 6 heteroatoms. The second-order valence-electron chi connectivity index (χ2n) is 4.78. The van der Waals surface area contributed by atoms with E-state index in [1.807, 2.05) is 6.92 Å². The summed E-state index contributed by atoms with van der Waals surface area (Å²) in [5.41, 5.74) is 1.72. The summed E-state index contributed by atoms with van der Waals surface area (Å²) in [5, 5.41) is 5.59. The van der Waals surface area contributed by atoms with Gasteiger partial charge in [0.25, 0.3) is 0 Å². The van der Waals surface area contributed by atoms with Crippen molar-refractivity contribution in [1.29, 1.82) is 0 Å². The summed E-state index contributed by atoms with van der Waals surface area (Å²) in [6, 6.07) is 11.9. The van der Waals surface area contributed by atoms with Gasteiger partial charge in [-0.05, 0) is 55.8 Å². The van der Waals surface area contributed by atoms with Gasteiger partial charge in [-0.1, -0.05) is 17.7 Å². The monoisotopic (exact) mass is 332 g/mol. The lowest BCUT2D eigenvalue weighted by atomic mass is 10.2. The van der Waals surface area contributed by atoms with Gasteiger partial charge in [-0.15, -0.1) is 0 Å². The van der Waals surface area contributed by atoms with Gasteiger partial charge in [0.1, 0.15) is 5.75 Å². The Labute approximate surface area is 139 Å². The smallest absolute Gasteiger partial charge is 0.314 e. The molecule has 0 saturated heterocycles. The third kappa shape index (κ3) is 4.47. The molecule has 2 rings (SSSR count). The van der Waals surface area contributed by atoms with E-state index >= 15 is 0 Å². The number of carbonyl (C=O) groups is 2. The molecule has 23 heavy (non-hydrogen) atoms. The number of rotatable bonds is 4. The molecule has 0 spiro atoms. The van der Waals surface area contributed by atoms with E-state index in [1.54, 1.807) is 49.4 Å². The highest BCUT2D eigenvalue weighted by Crippen LogP contribution is 2.23. The first kappa shape index (κ1) is 16.8. The molecule has 0 aliphatic carbocycles. The Balaban J connectivity index is 1.99. The fourth-order valence-electron chi connectivity index (χ4n) is 1.91. The molecule has 5 nitrogen and oxygen atoms in total. The van der Waals surface area contributed by atoms with Gasteiger partial charge in [0.2, 0.25) is 0 Å². The van der Waals surface area contributed by atoms with Crippen LogP contribution >= 0.6 is 11.6 Å². The Morgan fingerprint density at radius 3 is 2.35 bits per heavy atom. The molecule has 0 aliphatic rings. The molecule has 0 aliphatic heterocycles. The number of hydrogen-bond acceptors (Lipinski definition) is 3. The molecule has 0 atom stereocenters. The van der Waals surface area contributed by atoms with E-state index in [1.165, 1.54) is 0 Å². The van der Waals surface area contributed by atoms with Gasteiger partial charge in [-0.2, -0.15) is 0 Å². The van der Waals surface area contributed by atoms with Crippen LogP contribution in [0, 0.1) is 6.92 Å². The van der Waals surface area contributed by atoms with E-state index in [0.717, 1.165) is 0 Å². The van der Waals surface area contributed by atoms with Crippen LogP contribution in [0.1, 0.15) is 12.5 Å². The lowest BCUT2D eigenvalue weighted by Gasteiger charge is -2.10. The van der Waals surface area contributed by atoms with E-state index in [0.29, 0.717) is 34.3 Å². The van der Waals surface area contributed by atoms with Crippen molar-refractivity contribution < 1.29 is 14.3 Å². The van der Waals surface area contributed by atoms with Crippen LogP contribution in [0.15, 0.2) is 42.5 Å². The van der Waals surface area contributed by atoms with Gasteiger partial charge in [-0.25, -0.2) is 0 Å². The van der Waals surface area contributed by atoms with Crippen LogP contribution in [-0.2, 0) is 9.59 Å². The zero-order chi connectivity index (χ0) is 16.8. The molecule has 0 radical (unpaired) electrons. The van der Waals surface area contributed by atoms with E-state index in [2.05, 4.69) is 10.6 Å². The molecule has 2 amide bonds. The minimum absolute atomic E-state index is 0.504. The van der Waals surface area contributed by atoms with Crippen LogP contribution in [0.3, 0.4) is 0 Å². The molecule has 0 aromatic heterocycles. The highest BCUT2D eigenvalue weighted by molar-refractivity contribution is 6.44. The summed E-state index contributed by atoms with van der Waals surface area (Å²) in [7, 11) is 0. The van der Waals surface area contributed by atoms with Crippen molar-refractivity contribution in [2.45, 2.75) is 13.8 Å². The SMILES string of the molecule is CCOc1ccc(NC(=O)C(=O)Nc2cccc(Cl)c2C)cc1. The first-order valence-corrected chi connectivity index (χ1v) is 7.49. The Hall–Kier alpha value is -2.53. The van der Waals surface area contributed by atoms with Crippen LogP contribution < -0.4 is 15.4 Å². The lowest BCUT2D eigenvalue weighted by molar-refractivity contribution is -0.133. The minimum atomic E-state index is -0.760. The molecule has 0 fully saturated rings. The number of carbonyl (C=O) groups excluding carboxylic acids is 2. The van der Waals surface area contributed by atoms with Gasteiger partial charge in [-0.3, -0.25) is 9.59 Å². The minimum Gasteiger partial charge on any atom is -0.494 e. The molecular weight excluding hydrogens is 316 g/mol. The summed E-state index contributed by atoms with van der Waals surface area (Å²) < 4.78 is 5.31. The first-order chi connectivity index (χ1) is 11.0. The van der Waals surface area contributed by atoms with Crippen molar-refractivity contribution in [1.82, 2.24) is 0 Å². The van der Waals surface area contributed by atoms with Crippen LogP contribution in [0.2, 0.25) is 5.02 Å². The zero-order valence-corrected chi connectivity index (χ0v) is 13.6. The fourth-order valence-corrected chi connectivity index (χ4v) is 2.09. The van der Waals surface area contributed by atoms with E-state index in [4.69, 9.17) is 16.3 Å². The second kappa shape index (κ2) is 7.65. The molecule has 0 bridgehead atoms. The molecule has 0 unspecified atom stereocenters. The van der Waals surface area contributed by atoms with E-state index in [9.17, 15) is 9.59 Å². The van der Waals surface area contributed by atoms with Crippen LogP contribution in [0.5, 0.6) is 5.75 Å². The molecule has 2 N–H and O–H groups in total. The molecule has 120 valence electrons. The predicted octanol–water partition coefficient (Wildman–Crippen LogP) is 3.62. The number of nitrogens with one attached hydrogen (secondary N) is 2. The van der Waals surface area contributed by atoms with Gasteiger partial charge in [0, 0.05) is 16.4 Å². The first-order valence-electron chi connectivity index (χ1n) is 7.11. The maximum Gasteiger partial charge on any atom is 0.314 e. The summed E-state index contributed by atoms with van der Waals surface area (Å²) in [6.45, 7) is 4.22. The van der Waals surface area contributed by atoms with E-state index < -0.39 is 11.8 Å². The summed E-state index contributed by atoms with van der Waals surface area (Å²) in [6.07, 6.45) is 0. The van der Waals surface area contributed by atoms with Crippen LogP contribution in [-0.4, -0.2) is 18.4 Å². The van der Waals surface area contributed by atoms with Gasteiger partial charge >= 0.3 is 11.8 Å². The quantitative estimate of drug-likeness (QED) is 0.840. The zero-order valence-electron chi connectivity index (χ0n) is 12.9. The van der Waals surface area contributed by atoms with Crippen molar-refractivity contribution >= 4 is 34.8 Å². The molecule has 0 saturated carbocycles. The maximum absolute atomic E-state index is 12.0. The predicted molar refractivity (Wildman–Crippen MR) is 91.1 cm³/mol. The normalized spacial score (nSPS) is 10.0. The maximum atomic E-state index is 12.0. The number of hydrogen-bond donors (Lipinski definition) is 2. The third-order valence-electron chi connectivity index (χ3n) is 3.15. The van der Waals surface area contributed by atoms with Crippen molar-refractivity contribution in [3.05, 3.63) is 53.1 Å². The highest BCUT2D eigenvalue weighted by Gasteiger charge is 2.15. The Morgan fingerprint density at radius 2 is 1.70 bits per heavy atom. The molecular formula is C17H17ClN2O3. The van der Waals surface area contributed by atoms with Gasteiger partial charge in [0.15, 0.2) is 0 Å². The van der Waals surface area contributed by atoms with Crippen LogP contribution in [0.4, 0.5) is 11.4 Å². The second-order valence-corrected chi connectivity index (χ2v) is 5.19. The Kier molecular flexibility index (Phi) is 5.60. The van der Waals surface area contributed by atoms with E-state index in [-0.39, 0.29) is 0 Å². The topological polar surface area (TPSA) is 67.4 Å². The van der Waals surface area contributed by atoms with Gasteiger partial charge < -0.3 is 15.4 Å². The Bertz CT molecular complexity index is 714.